The average molecular weight is 224 g/mol. The minimum absolute atomic E-state index is 0.121. The van der Waals surface area contributed by atoms with Crippen molar-refractivity contribution in [1.29, 1.82) is 0 Å². The summed E-state index contributed by atoms with van der Waals surface area (Å²) in [4.78, 5) is 22.8. The van der Waals surface area contributed by atoms with E-state index in [2.05, 4.69) is 5.32 Å². The SMILES string of the molecule is CCC(=O)NCc1c(C)cc(C)n(O)c1=O. The van der Waals surface area contributed by atoms with Crippen molar-refractivity contribution in [2.24, 2.45) is 0 Å². The fourth-order valence-electron chi connectivity index (χ4n) is 1.45. The zero-order valence-corrected chi connectivity index (χ0v) is 9.70. The van der Waals surface area contributed by atoms with Gasteiger partial charge in [-0.1, -0.05) is 6.92 Å². The smallest absolute Gasteiger partial charge is 0.288 e. The van der Waals surface area contributed by atoms with E-state index >= 15 is 0 Å². The van der Waals surface area contributed by atoms with E-state index in [1.54, 1.807) is 26.8 Å². The Labute approximate surface area is 93.7 Å². The molecule has 5 heteroatoms. The molecule has 0 spiro atoms. The zero-order valence-electron chi connectivity index (χ0n) is 9.70. The number of carbonyl (C=O) groups is 1. The minimum atomic E-state index is -0.478. The van der Waals surface area contributed by atoms with Crippen molar-refractivity contribution in [2.45, 2.75) is 33.7 Å². The van der Waals surface area contributed by atoms with Crippen molar-refractivity contribution in [2.75, 3.05) is 0 Å². The lowest BCUT2D eigenvalue weighted by Gasteiger charge is -2.09. The summed E-state index contributed by atoms with van der Waals surface area (Å²) in [5, 5.41) is 12.0. The molecule has 1 aromatic heterocycles. The first-order chi connectivity index (χ1) is 7.47. The summed E-state index contributed by atoms with van der Waals surface area (Å²) in [5.41, 5.74) is 1.18. The normalized spacial score (nSPS) is 10.2. The van der Waals surface area contributed by atoms with Crippen LogP contribution in [-0.2, 0) is 11.3 Å². The van der Waals surface area contributed by atoms with Gasteiger partial charge in [-0.2, -0.15) is 4.73 Å². The molecule has 5 nitrogen and oxygen atoms in total. The van der Waals surface area contributed by atoms with Crippen molar-refractivity contribution < 1.29 is 10.0 Å². The van der Waals surface area contributed by atoms with Crippen LogP contribution in [0.3, 0.4) is 0 Å². The number of carbonyl (C=O) groups excluding carboxylic acids is 1. The van der Waals surface area contributed by atoms with Crippen molar-refractivity contribution in [3.05, 3.63) is 33.2 Å². The fourth-order valence-corrected chi connectivity index (χ4v) is 1.45. The van der Waals surface area contributed by atoms with E-state index in [0.29, 0.717) is 22.4 Å². The van der Waals surface area contributed by atoms with Crippen LogP contribution in [0.2, 0.25) is 0 Å². The summed E-state index contributed by atoms with van der Waals surface area (Å²) >= 11 is 0. The summed E-state index contributed by atoms with van der Waals surface area (Å²) in [7, 11) is 0. The van der Waals surface area contributed by atoms with Gasteiger partial charge in [-0.15, -0.1) is 0 Å². The Morgan fingerprint density at radius 2 is 2.12 bits per heavy atom. The third kappa shape index (κ3) is 2.42. The second-order valence-corrected chi connectivity index (χ2v) is 3.69. The van der Waals surface area contributed by atoms with Gasteiger partial charge in [0.05, 0.1) is 5.69 Å². The summed E-state index contributed by atoms with van der Waals surface area (Å²) in [6.45, 7) is 5.31. The number of hydrogen-bond donors (Lipinski definition) is 2. The van der Waals surface area contributed by atoms with E-state index in [4.69, 9.17) is 0 Å². The Bertz CT molecular complexity index is 463. The lowest BCUT2D eigenvalue weighted by atomic mass is 10.1. The van der Waals surface area contributed by atoms with Gasteiger partial charge in [-0.25, -0.2) is 0 Å². The van der Waals surface area contributed by atoms with Crippen LogP contribution in [0.4, 0.5) is 0 Å². The number of aromatic nitrogens is 1. The molecule has 0 aliphatic carbocycles. The molecular formula is C11H16N2O3. The van der Waals surface area contributed by atoms with Crippen molar-refractivity contribution in [3.8, 4) is 0 Å². The van der Waals surface area contributed by atoms with Gasteiger partial charge in [0.25, 0.3) is 5.56 Å². The molecule has 16 heavy (non-hydrogen) atoms. The molecule has 0 atom stereocenters. The second-order valence-electron chi connectivity index (χ2n) is 3.69. The molecular weight excluding hydrogens is 208 g/mol. The molecule has 0 unspecified atom stereocenters. The molecule has 88 valence electrons. The van der Waals surface area contributed by atoms with Crippen molar-refractivity contribution in [1.82, 2.24) is 10.0 Å². The average Bonchev–Trinajstić information content (AvgIpc) is 2.25. The van der Waals surface area contributed by atoms with E-state index in [1.807, 2.05) is 0 Å². The van der Waals surface area contributed by atoms with Gasteiger partial charge in [0.2, 0.25) is 5.91 Å². The van der Waals surface area contributed by atoms with Crippen molar-refractivity contribution in [3.63, 3.8) is 0 Å². The van der Waals surface area contributed by atoms with Crippen molar-refractivity contribution >= 4 is 5.91 Å². The lowest BCUT2D eigenvalue weighted by Crippen LogP contribution is -2.30. The number of pyridine rings is 1. The summed E-state index contributed by atoms with van der Waals surface area (Å²) < 4.78 is 0.598. The second kappa shape index (κ2) is 4.83. The Balaban J connectivity index is 3.01. The molecule has 0 saturated heterocycles. The first-order valence-electron chi connectivity index (χ1n) is 5.15. The molecule has 0 radical (unpaired) electrons. The first-order valence-corrected chi connectivity index (χ1v) is 5.15. The standard InChI is InChI=1S/C11H16N2O3/c1-4-10(14)12-6-9-7(2)5-8(3)13(16)11(9)15/h5,16H,4,6H2,1-3H3,(H,12,14). The van der Waals surface area contributed by atoms with Gasteiger partial charge in [0.1, 0.15) is 0 Å². The van der Waals surface area contributed by atoms with Crippen LogP contribution in [-0.4, -0.2) is 15.8 Å². The summed E-state index contributed by atoms with van der Waals surface area (Å²) in [6.07, 6.45) is 0.373. The largest absolute Gasteiger partial charge is 0.425 e. The van der Waals surface area contributed by atoms with Crippen LogP contribution >= 0.6 is 0 Å². The van der Waals surface area contributed by atoms with Crippen LogP contribution in [0.25, 0.3) is 0 Å². The predicted molar refractivity (Wildman–Crippen MR) is 59.5 cm³/mol. The van der Waals surface area contributed by atoms with Gasteiger partial charge in [-0.3, -0.25) is 9.59 Å². The fraction of sp³-hybridized carbons (Fsp3) is 0.455. The molecule has 0 aromatic carbocycles. The van der Waals surface area contributed by atoms with Gasteiger partial charge in [0, 0.05) is 18.5 Å². The number of nitrogens with one attached hydrogen (secondary N) is 1. The third-order valence-corrected chi connectivity index (χ3v) is 2.47. The lowest BCUT2D eigenvalue weighted by molar-refractivity contribution is -0.120. The monoisotopic (exact) mass is 224 g/mol. The molecule has 0 aliphatic rings. The highest BCUT2D eigenvalue weighted by Gasteiger charge is 2.10. The minimum Gasteiger partial charge on any atom is -0.425 e. The van der Waals surface area contributed by atoms with Gasteiger partial charge >= 0.3 is 0 Å². The molecule has 1 rings (SSSR count). The summed E-state index contributed by atoms with van der Waals surface area (Å²) in [6, 6.07) is 1.70. The van der Waals surface area contributed by atoms with Crippen LogP contribution in [0, 0.1) is 13.8 Å². The summed E-state index contributed by atoms with van der Waals surface area (Å²) in [5.74, 6) is -0.121. The Morgan fingerprint density at radius 1 is 1.50 bits per heavy atom. The van der Waals surface area contributed by atoms with Gasteiger partial charge in [-0.05, 0) is 25.5 Å². The van der Waals surface area contributed by atoms with E-state index in [9.17, 15) is 14.8 Å². The maximum atomic E-state index is 11.7. The molecule has 1 amide bonds. The maximum absolute atomic E-state index is 11.7. The number of hydrogen-bond acceptors (Lipinski definition) is 3. The van der Waals surface area contributed by atoms with E-state index in [1.165, 1.54) is 0 Å². The van der Waals surface area contributed by atoms with E-state index in [-0.39, 0.29) is 12.5 Å². The zero-order chi connectivity index (χ0) is 12.3. The molecule has 2 N–H and O–H groups in total. The predicted octanol–water partition coefficient (Wildman–Crippen LogP) is 0.729. The van der Waals surface area contributed by atoms with Gasteiger partial charge < -0.3 is 10.5 Å². The molecule has 0 saturated carbocycles. The number of aryl methyl sites for hydroxylation is 2. The van der Waals surface area contributed by atoms with Crippen LogP contribution in [0.15, 0.2) is 10.9 Å². The van der Waals surface area contributed by atoms with Gasteiger partial charge in [0.15, 0.2) is 0 Å². The number of rotatable bonds is 3. The highest BCUT2D eigenvalue weighted by atomic mass is 16.5. The number of nitrogens with zero attached hydrogens (tertiary/aromatic N) is 1. The van der Waals surface area contributed by atoms with E-state index in [0.717, 1.165) is 5.56 Å². The van der Waals surface area contributed by atoms with E-state index < -0.39 is 5.56 Å². The van der Waals surface area contributed by atoms with Crippen LogP contribution in [0.1, 0.15) is 30.2 Å². The molecule has 0 bridgehead atoms. The Kier molecular flexibility index (Phi) is 3.71. The molecule has 1 aromatic rings. The van der Waals surface area contributed by atoms with Crippen LogP contribution in [0.5, 0.6) is 0 Å². The topological polar surface area (TPSA) is 71.3 Å². The Morgan fingerprint density at radius 3 is 2.69 bits per heavy atom. The molecule has 1 heterocycles. The molecule has 0 aliphatic heterocycles. The number of amides is 1. The quantitative estimate of drug-likeness (QED) is 0.743. The Hall–Kier alpha value is -1.78. The molecule has 0 fully saturated rings. The highest BCUT2D eigenvalue weighted by Crippen LogP contribution is 2.04. The third-order valence-electron chi connectivity index (χ3n) is 2.47. The highest BCUT2D eigenvalue weighted by molar-refractivity contribution is 5.75. The first kappa shape index (κ1) is 12.3. The maximum Gasteiger partial charge on any atom is 0.288 e. The van der Waals surface area contributed by atoms with Crippen LogP contribution < -0.4 is 10.9 Å².